The number of para-hydroxylation sites is 1. The van der Waals surface area contributed by atoms with Crippen LogP contribution in [0.25, 0.3) is 21.0 Å². The number of pyridine rings is 1. The molecule has 0 unspecified atom stereocenters. The number of hydrogen-bond acceptors (Lipinski definition) is 7. The summed E-state index contributed by atoms with van der Waals surface area (Å²) < 4.78 is 1.71. The minimum absolute atomic E-state index is 0.0684. The van der Waals surface area contributed by atoms with Crippen LogP contribution < -0.4 is 16.5 Å². The molecular weight excluding hydrogens is 410 g/mol. The van der Waals surface area contributed by atoms with Crippen molar-refractivity contribution in [3.63, 3.8) is 0 Å². The van der Waals surface area contributed by atoms with Gasteiger partial charge in [0.1, 0.15) is 10.8 Å². The third kappa shape index (κ3) is 3.38. The number of benzene rings is 2. The van der Waals surface area contributed by atoms with Crippen molar-refractivity contribution in [2.45, 2.75) is 0 Å². The predicted molar refractivity (Wildman–Crippen MR) is 116 cm³/mol. The number of hydrogen-bond donors (Lipinski definition) is 1. The molecule has 2 aromatic heterocycles. The molecule has 0 amide bonds. The molecule has 142 valence electrons. The van der Waals surface area contributed by atoms with Crippen molar-refractivity contribution in [2.24, 2.45) is 12.1 Å². The molecule has 0 aliphatic rings. The maximum atomic E-state index is 12.8. The number of fused-ring (bicyclic) bond motifs is 3. The van der Waals surface area contributed by atoms with Crippen molar-refractivity contribution in [3.05, 3.63) is 79.3 Å². The van der Waals surface area contributed by atoms with Crippen molar-refractivity contribution in [1.29, 1.82) is 5.26 Å². The van der Waals surface area contributed by atoms with E-state index in [0.29, 0.717) is 21.6 Å². The Kier molecular flexibility index (Phi) is 4.84. The summed E-state index contributed by atoms with van der Waals surface area (Å²) in [6.45, 7) is 0. The molecule has 29 heavy (non-hydrogen) atoms. The maximum Gasteiger partial charge on any atom is 0.280 e. The monoisotopic (exact) mass is 421 g/mol. The summed E-state index contributed by atoms with van der Waals surface area (Å²) in [5.74, 6) is 0. The molecule has 0 saturated carbocycles. The highest BCUT2D eigenvalue weighted by Crippen LogP contribution is 2.23. The van der Waals surface area contributed by atoms with E-state index < -0.39 is 5.56 Å². The molecule has 0 bridgehead atoms. The van der Waals surface area contributed by atoms with Crippen molar-refractivity contribution in [2.75, 3.05) is 5.43 Å². The lowest BCUT2D eigenvalue weighted by Gasteiger charge is -2.08. The first-order chi connectivity index (χ1) is 14.0. The van der Waals surface area contributed by atoms with Crippen LogP contribution in [0.4, 0.5) is 5.69 Å². The van der Waals surface area contributed by atoms with Gasteiger partial charge >= 0.3 is 0 Å². The fraction of sp³-hybridized carbons (Fsp3) is 0.0500. The number of nitriles is 1. The molecule has 0 fully saturated rings. The summed E-state index contributed by atoms with van der Waals surface area (Å²) >= 11 is 6.82. The van der Waals surface area contributed by atoms with Crippen LogP contribution in [0.15, 0.2) is 63.2 Å². The zero-order valence-electron chi connectivity index (χ0n) is 15.0. The molecule has 4 aromatic rings. The van der Waals surface area contributed by atoms with Crippen molar-refractivity contribution < 1.29 is 0 Å². The number of rotatable bonds is 3. The highest BCUT2D eigenvalue weighted by atomic mass is 35.5. The molecule has 2 heterocycles. The minimum atomic E-state index is -0.572. The van der Waals surface area contributed by atoms with Gasteiger partial charge in [0.05, 0.1) is 16.6 Å². The zero-order chi connectivity index (χ0) is 20.5. The molecule has 0 aliphatic heterocycles. The lowest BCUT2D eigenvalue weighted by Crippen LogP contribution is -2.22. The molecular formula is C20H12ClN5O2S. The van der Waals surface area contributed by atoms with Gasteiger partial charge < -0.3 is 4.57 Å². The van der Waals surface area contributed by atoms with Gasteiger partial charge in [0.25, 0.3) is 11.1 Å². The molecule has 7 nitrogen and oxygen atoms in total. The van der Waals surface area contributed by atoms with Gasteiger partial charge in [-0.05, 0) is 30.3 Å². The maximum absolute atomic E-state index is 12.8. The molecule has 0 radical (unpaired) electrons. The Morgan fingerprint density at radius 3 is 2.66 bits per heavy atom. The van der Waals surface area contributed by atoms with Crippen LogP contribution >= 0.6 is 22.9 Å². The summed E-state index contributed by atoms with van der Waals surface area (Å²) in [4.78, 5) is 29.6. The Balaban J connectivity index is 1.89. The average Bonchev–Trinajstić information content (AvgIpc) is 2.73. The number of anilines is 1. The summed E-state index contributed by atoms with van der Waals surface area (Å²) in [6.07, 6.45) is 0. The van der Waals surface area contributed by atoms with Gasteiger partial charge in [-0.2, -0.15) is 15.3 Å². The largest absolute Gasteiger partial charge is 0.310 e. The highest BCUT2D eigenvalue weighted by Gasteiger charge is 2.17. The van der Waals surface area contributed by atoms with E-state index in [-0.39, 0.29) is 26.4 Å². The van der Waals surface area contributed by atoms with Gasteiger partial charge in [-0.1, -0.05) is 29.8 Å². The van der Waals surface area contributed by atoms with Crippen LogP contribution in [0.2, 0.25) is 5.02 Å². The number of halogens is 1. The van der Waals surface area contributed by atoms with E-state index in [2.05, 4.69) is 15.5 Å². The highest BCUT2D eigenvalue weighted by molar-refractivity contribution is 7.20. The van der Waals surface area contributed by atoms with Crippen LogP contribution in [-0.2, 0) is 7.05 Å². The summed E-state index contributed by atoms with van der Waals surface area (Å²) in [5.41, 5.74) is 2.99. The van der Waals surface area contributed by atoms with Gasteiger partial charge in [0.15, 0.2) is 10.7 Å². The molecule has 0 saturated heterocycles. The van der Waals surface area contributed by atoms with Gasteiger partial charge in [-0.3, -0.25) is 15.0 Å². The first kappa shape index (κ1) is 18.8. The standard InChI is InChI=1S/C20H12ClN5O2S/c1-26-15-5-3-2-4-13(15)16-17(20(26)28)29-19(23-18(16)27)14(10-22)25-24-12-8-6-11(21)7-9-12/h2-9,24H,1H3/b25-14+. The molecule has 0 spiro atoms. The first-order valence-corrected chi connectivity index (χ1v) is 9.61. The van der Waals surface area contributed by atoms with Crippen LogP contribution in [0.3, 0.4) is 0 Å². The summed E-state index contributed by atoms with van der Waals surface area (Å²) in [5, 5.41) is 15.1. The van der Waals surface area contributed by atoms with E-state index in [1.165, 1.54) is 4.57 Å². The van der Waals surface area contributed by atoms with Crippen LogP contribution in [0.1, 0.15) is 5.01 Å². The lowest BCUT2D eigenvalue weighted by molar-refractivity contribution is 0.920. The second kappa shape index (κ2) is 7.47. The van der Waals surface area contributed by atoms with Crippen LogP contribution in [0, 0.1) is 11.3 Å². The zero-order valence-corrected chi connectivity index (χ0v) is 16.6. The Labute approximate surface area is 173 Å². The SMILES string of the molecule is Cn1c(=O)c2sc(/C(C#N)=N/Nc3ccc(Cl)cc3)nc(=O)c2c2ccccc21. The quantitative estimate of drug-likeness (QED) is 0.310. The summed E-state index contributed by atoms with van der Waals surface area (Å²) in [6, 6.07) is 15.8. The van der Waals surface area contributed by atoms with Gasteiger partial charge in [-0.15, -0.1) is 11.3 Å². The van der Waals surface area contributed by atoms with Crippen molar-refractivity contribution >= 4 is 55.3 Å². The Hall–Kier alpha value is -3.54. The second-order valence-electron chi connectivity index (χ2n) is 6.10. The normalized spacial score (nSPS) is 11.6. The Bertz CT molecular complexity index is 1450. The molecule has 4 rings (SSSR count). The fourth-order valence-corrected chi connectivity index (χ4v) is 4.07. The molecule has 1 N–H and O–H groups in total. The molecule has 0 atom stereocenters. The molecule has 0 aliphatic carbocycles. The van der Waals surface area contributed by atoms with Crippen molar-refractivity contribution in [3.8, 4) is 6.07 Å². The Morgan fingerprint density at radius 2 is 1.93 bits per heavy atom. The van der Waals surface area contributed by atoms with Crippen LogP contribution in [-0.4, -0.2) is 15.3 Å². The molecule has 9 heteroatoms. The molecule has 2 aromatic carbocycles. The van der Waals surface area contributed by atoms with Crippen LogP contribution in [0.5, 0.6) is 0 Å². The number of nitrogens with zero attached hydrogens (tertiary/aromatic N) is 4. The van der Waals surface area contributed by atoms with E-state index in [1.807, 2.05) is 6.07 Å². The minimum Gasteiger partial charge on any atom is -0.310 e. The average molecular weight is 422 g/mol. The lowest BCUT2D eigenvalue weighted by atomic mass is 10.1. The first-order valence-electron chi connectivity index (χ1n) is 8.42. The van der Waals surface area contributed by atoms with Gasteiger partial charge in [0, 0.05) is 17.5 Å². The van der Waals surface area contributed by atoms with E-state index in [1.54, 1.807) is 55.6 Å². The van der Waals surface area contributed by atoms with Gasteiger partial charge in [-0.25, -0.2) is 0 Å². The second-order valence-corrected chi connectivity index (χ2v) is 7.54. The van der Waals surface area contributed by atoms with Crippen molar-refractivity contribution in [1.82, 2.24) is 9.55 Å². The smallest absolute Gasteiger partial charge is 0.280 e. The summed E-state index contributed by atoms with van der Waals surface area (Å²) in [7, 11) is 1.64. The van der Waals surface area contributed by atoms with E-state index >= 15 is 0 Å². The van der Waals surface area contributed by atoms with E-state index in [4.69, 9.17) is 11.6 Å². The number of nitrogens with one attached hydrogen (secondary N) is 1. The predicted octanol–water partition coefficient (Wildman–Crippen LogP) is 3.50. The van der Waals surface area contributed by atoms with E-state index in [9.17, 15) is 14.9 Å². The topological polar surface area (TPSA) is 100 Å². The number of aromatic nitrogens is 2. The third-order valence-electron chi connectivity index (χ3n) is 4.33. The Morgan fingerprint density at radius 1 is 1.21 bits per heavy atom. The fourth-order valence-electron chi connectivity index (χ4n) is 2.91. The van der Waals surface area contributed by atoms with Gasteiger partial charge in [0.2, 0.25) is 0 Å². The third-order valence-corrected chi connectivity index (χ3v) is 5.64. The number of aryl methyl sites for hydroxylation is 1. The number of hydrazone groups is 1. The van der Waals surface area contributed by atoms with E-state index in [0.717, 1.165) is 11.3 Å².